The summed E-state index contributed by atoms with van der Waals surface area (Å²) in [6.45, 7) is 4.67. The number of carbonyl (C=O) groups excluding carboxylic acids is 1. The van der Waals surface area contributed by atoms with E-state index in [-0.39, 0.29) is 11.2 Å². The predicted octanol–water partition coefficient (Wildman–Crippen LogP) is 15.6. The van der Waals surface area contributed by atoms with Crippen LogP contribution in [0.25, 0.3) is 49.4 Å². The molecule has 0 unspecified atom stereocenters. The van der Waals surface area contributed by atoms with Crippen LogP contribution in [0.15, 0.2) is 231 Å². The Balaban J connectivity index is 1.03. The van der Waals surface area contributed by atoms with Crippen LogP contribution < -0.4 is 4.90 Å². The summed E-state index contributed by atoms with van der Waals surface area (Å²) in [5, 5.41) is 4.71. The van der Waals surface area contributed by atoms with Gasteiger partial charge in [-0.2, -0.15) is 0 Å². The first-order valence-electron chi connectivity index (χ1n) is 22.9. The van der Waals surface area contributed by atoms with Crippen LogP contribution >= 0.6 is 0 Å². The highest BCUT2D eigenvalue weighted by molar-refractivity contribution is 6.15. The van der Waals surface area contributed by atoms with E-state index in [0.717, 1.165) is 77.7 Å². The van der Waals surface area contributed by atoms with Crippen LogP contribution in [0.4, 0.5) is 17.1 Å². The van der Waals surface area contributed by atoms with Crippen LogP contribution in [0.2, 0.25) is 0 Å². The van der Waals surface area contributed by atoms with E-state index in [9.17, 15) is 4.79 Å². The number of fused-ring (bicyclic) bond motifs is 8. The molecule has 0 amide bonds. The van der Waals surface area contributed by atoms with Crippen LogP contribution in [0.3, 0.4) is 0 Å². The number of benzene rings is 10. The van der Waals surface area contributed by atoms with E-state index in [1.54, 1.807) is 0 Å². The van der Waals surface area contributed by atoms with Gasteiger partial charge in [-0.1, -0.05) is 202 Å². The summed E-state index contributed by atoms with van der Waals surface area (Å²) >= 11 is 0. The highest BCUT2D eigenvalue weighted by Gasteiger charge is 2.46. The number of carbonyl (C=O) groups is 1. The second-order valence-electron chi connectivity index (χ2n) is 18.3. The van der Waals surface area contributed by atoms with Gasteiger partial charge >= 0.3 is 0 Å². The summed E-state index contributed by atoms with van der Waals surface area (Å²) < 4.78 is 2.46. The quantitative estimate of drug-likeness (QED) is 0.172. The third kappa shape index (κ3) is 5.28. The van der Waals surface area contributed by atoms with Crippen molar-refractivity contribution in [3.8, 4) is 16.8 Å². The molecule has 0 fully saturated rings. The molecular weight excluding hydrogens is 801 g/mol. The predicted molar refractivity (Wildman–Crippen MR) is 272 cm³/mol. The first-order valence-corrected chi connectivity index (χ1v) is 22.9. The second kappa shape index (κ2) is 14.4. The number of nitrogens with zero attached hydrogens (tertiary/aromatic N) is 2. The highest BCUT2D eigenvalue weighted by Crippen LogP contribution is 2.54. The Bertz CT molecular complexity index is 3680. The first kappa shape index (κ1) is 38.2. The number of para-hydroxylation sites is 3. The molecular formula is C63H44N2O. The molecule has 13 rings (SSSR count). The lowest BCUT2D eigenvalue weighted by Crippen LogP contribution is -2.38. The molecule has 66 heavy (non-hydrogen) atoms. The standard InChI is InChI=1S/C63H44N2O/c1-62(2)53-28-14-17-31-58(53)64(59-32-18-15-29-54(59)62)44-34-36-49-48-25-12-16-30-56(48)65(60(49)40-44)57-38-37-45(46-23-9-10-24-47(46)57)41-33-35-51-55(39-41)63(42-19-5-3-6-20-42,43-21-7-4-8-22-43)52-27-13-11-26-50(52)61(51)66/h3-40H,1-2H3. The van der Waals surface area contributed by atoms with Gasteiger partial charge in [-0.3, -0.25) is 4.79 Å². The van der Waals surface area contributed by atoms with Crippen LogP contribution in [0.5, 0.6) is 0 Å². The maximum Gasteiger partial charge on any atom is 0.193 e. The van der Waals surface area contributed by atoms with E-state index in [0.29, 0.717) is 0 Å². The topological polar surface area (TPSA) is 25.2 Å². The molecule has 312 valence electrons. The lowest BCUT2D eigenvalue weighted by Gasteiger charge is -2.42. The average molecular weight is 845 g/mol. The molecule has 11 aromatic rings. The molecule has 1 aromatic heterocycles. The van der Waals surface area contributed by atoms with Crippen LogP contribution in [-0.4, -0.2) is 10.4 Å². The van der Waals surface area contributed by atoms with Crippen molar-refractivity contribution in [2.45, 2.75) is 24.7 Å². The largest absolute Gasteiger partial charge is 0.310 e. The molecule has 10 aromatic carbocycles. The van der Waals surface area contributed by atoms with E-state index in [2.05, 4.69) is 242 Å². The van der Waals surface area contributed by atoms with Crippen molar-refractivity contribution in [3.63, 3.8) is 0 Å². The summed E-state index contributed by atoms with van der Waals surface area (Å²) in [7, 11) is 0. The summed E-state index contributed by atoms with van der Waals surface area (Å²) in [6, 6.07) is 83.0. The summed E-state index contributed by atoms with van der Waals surface area (Å²) in [6.07, 6.45) is 0. The van der Waals surface area contributed by atoms with Gasteiger partial charge in [-0.25, -0.2) is 0 Å². The zero-order chi connectivity index (χ0) is 44.1. The monoisotopic (exact) mass is 844 g/mol. The van der Waals surface area contributed by atoms with Gasteiger partial charge in [0, 0.05) is 38.4 Å². The van der Waals surface area contributed by atoms with Crippen LogP contribution in [0.1, 0.15) is 63.1 Å². The lowest BCUT2D eigenvalue weighted by molar-refractivity contribution is 0.103. The minimum Gasteiger partial charge on any atom is -0.310 e. The molecule has 0 atom stereocenters. The van der Waals surface area contributed by atoms with Gasteiger partial charge in [-0.05, 0) is 92.4 Å². The van der Waals surface area contributed by atoms with Crippen molar-refractivity contribution >= 4 is 55.4 Å². The Labute approximate surface area is 384 Å². The van der Waals surface area contributed by atoms with Crippen LogP contribution in [0, 0.1) is 0 Å². The molecule has 2 heterocycles. The fraction of sp³-hybridized carbons (Fsp3) is 0.0635. The number of anilines is 3. The fourth-order valence-electron chi connectivity index (χ4n) is 11.7. The van der Waals surface area contributed by atoms with Gasteiger partial charge in [0.05, 0.1) is 33.5 Å². The summed E-state index contributed by atoms with van der Waals surface area (Å²) in [4.78, 5) is 17.0. The normalized spacial score (nSPS) is 14.5. The van der Waals surface area contributed by atoms with E-state index in [4.69, 9.17) is 0 Å². The number of ketones is 1. The lowest BCUT2D eigenvalue weighted by atomic mass is 9.59. The van der Waals surface area contributed by atoms with Crippen molar-refractivity contribution < 1.29 is 4.79 Å². The highest BCUT2D eigenvalue weighted by atomic mass is 16.1. The fourth-order valence-corrected chi connectivity index (χ4v) is 11.7. The number of rotatable bonds is 5. The first-order chi connectivity index (χ1) is 32.4. The van der Waals surface area contributed by atoms with Gasteiger partial charge in [0.15, 0.2) is 5.78 Å². The van der Waals surface area contributed by atoms with E-state index >= 15 is 0 Å². The number of hydrogen-bond donors (Lipinski definition) is 0. The van der Waals surface area contributed by atoms with Crippen molar-refractivity contribution in [3.05, 3.63) is 275 Å². The smallest absolute Gasteiger partial charge is 0.193 e. The second-order valence-corrected chi connectivity index (χ2v) is 18.3. The molecule has 0 saturated carbocycles. The Kier molecular flexibility index (Phi) is 8.32. The molecule has 3 nitrogen and oxygen atoms in total. The van der Waals surface area contributed by atoms with Crippen LogP contribution in [-0.2, 0) is 10.8 Å². The summed E-state index contributed by atoms with van der Waals surface area (Å²) in [5.74, 6) is 0.0563. The third-order valence-electron chi connectivity index (χ3n) is 14.7. The van der Waals surface area contributed by atoms with Crippen molar-refractivity contribution in [1.82, 2.24) is 4.57 Å². The maximum absolute atomic E-state index is 14.6. The Morgan fingerprint density at radius 2 is 0.894 bits per heavy atom. The number of hydrogen-bond acceptors (Lipinski definition) is 2. The van der Waals surface area contributed by atoms with Crippen molar-refractivity contribution in [1.29, 1.82) is 0 Å². The zero-order valence-electron chi connectivity index (χ0n) is 36.7. The van der Waals surface area contributed by atoms with Gasteiger partial charge in [0.1, 0.15) is 0 Å². The zero-order valence-corrected chi connectivity index (χ0v) is 36.7. The van der Waals surface area contributed by atoms with Crippen molar-refractivity contribution in [2.75, 3.05) is 4.90 Å². The molecule has 0 radical (unpaired) electrons. The molecule has 0 spiro atoms. The van der Waals surface area contributed by atoms with Gasteiger partial charge in [0.25, 0.3) is 0 Å². The van der Waals surface area contributed by atoms with Gasteiger partial charge in [-0.15, -0.1) is 0 Å². The minimum atomic E-state index is -0.722. The minimum absolute atomic E-state index is 0.0563. The van der Waals surface area contributed by atoms with Gasteiger partial charge < -0.3 is 9.47 Å². The molecule has 0 saturated heterocycles. The summed E-state index contributed by atoms with van der Waals surface area (Å²) in [5.41, 5.74) is 16.6. The van der Waals surface area contributed by atoms with Crippen molar-refractivity contribution in [2.24, 2.45) is 0 Å². The SMILES string of the molecule is CC1(C)c2ccccc2N(c2ccc3c4ccccc4n(-c4ccc(-c5ccc6c(c5)C(c5ccccc5)(c5ccccc5)c5ccccc5C6=O)c5ccccc45)c3c2)c2ccccc21. The molecule has 1 aliphatic heterocycles. The molecule has 3 heteroatoms. The number of aromatic nitrogens is 1. The molecule has 0 N–H and O–H groups in total. The Morgan fingerprint density at radius 3 is 1.59 bits per heavy atom. The Morgan fingerprint density at radius 1 is 0.364 bits per heavy atom. The van der Waals surface area contributed by atoms with Gasteiger partial charge in [0.2, 0.25) is 0 Å². The average Bonchev–Trinajstić information content (AvgIpc) is 3.70. The van der Waals surface area contributed by atoms with E-state index in [1.807, 2.05) is 12.1 Å². The van der Waals surface area contributed by atoms with E-state index in [1.165, 1.54) is 33.3 Å². The molecule has 1 aliphatic carbocycles. The van der Waals surface area contributed by atoms with E-state index < -0.39 is 5.41 Å². The molecule has 2 aliphatic rings. The Hall–Kier alpha value is -8.27. The maximum atomic E-state index is 14.6. The third-order valence-corrected chi connectivity index (χ3v) is 14.7. The molecule has 0 bridgehead atoms.